The molecule has 3 N–H and O–H groups in total. The molecule has 19 heteroatoms. The summed E-state index contributed by atoms with van der Waals surface area (Å²) in [6.07, 6.45) is 67.9. The molecule has 0 heterocycles. The number of ether oxygens (including phenoxy) is 4. The zero-order chi connectivity index (χ0) is 77.9. The Bertz CT molecular complexity index is 2050. The summed E-state index contributed by atoms with van der Waals surface area (Å²) < 4.78 is 69.0. The number of rotatable bonds is 85. The van der Waals surface area contributed by atoms with E-state index in [0.717, 1.165) is 108 Å². The van der Waals surface area contributed by atoms with Crippen molar-refractivity contribution in [2.75, 3.05) is 39.6 Å². The number of unbranched alkanes of at least 4 members (excludes halogenated alkanes) is 52. The maximum absolute atomic E-state index is 13.2. The van der Waals surface area contributed by atoms with E-state index in [1.54, 1.807) is 0 Å². The van der Waals surface area contributed by atoms with Crippen LogP contribution in [0.3, 0.4) is 0 Å². The van der Waals surface area contributed by atoms with Gasteiger partial charge < -0.3 is 33.8 Å². The van der Waals surface area contributed by atoms with Crippen LogP contribution in [-0.2, 0) is 65.4 Å². The summed E-state index contributed by atoms with van der Waals surface area (Å²) in [6, 6.07) is 0. The molecule has 0 saturated heterocycles. The van der Waals surface area contributed by atoms with Gasteiger partial charge in [0.2, 0.25) is 0 Å². The van der Waals surface area contributed by atoms with Crippen LogP contribution >= 0.6 is 15.6 Å². The summed E-state index contributed by atoms with van der Waals surface area (Å²) in [4.78, 5) is 73.3. The molecule has 0 aromatic rings. The molecule has 0 bridgehead atoms. The average Bonchev–Trinajstić information content (AvgIpc) is 0.915. The lowest BCUT2D eigenvalue weighted by atomic mass is 9.99. The van der Waals surface area contributed by atoms with Gasteiger partial charge in [-0.25, -0.2) is 9.13 Å². The predicted molar refractivity (Wildman–Crippen MR) is 437 cm³/mol. The normalized spacial score (nSPS) is 14.1. The molecule has 0 radical (unpaired) electrons. The van der Waals surface area contributed by atoms with Crippen molar-refractivity contribution >= 4 is 39.5 Å². The first-order valence-electron chi connectivity index (χ1n) is 44.9. The van der Waals surface area contributed by atoms with Crippen molar-refractivity contribution in [1.29, 1.82) is 0 Å². The number of esters is 4. The first kappa shape index (κ1) is 104. The van der Waals surface area contributed by atoms with E-state index in [0.29, 0.717) is 25.7 Å². The highest BCUT2D eigenvalue weighted by molar-refractivity contribution is 7.47. The zero-order valence-electron chi connectivity index (χ0n) is 69.9. The summed E-state index contributed by atoms with van der Waals surface area (Å²) in [5.74, 6) is 0.302. The number of aliphatic hydroxyl groups is 1. The summed E-state index contributed by atoms with van der Waals surface area (Å²) in [5, 5.41) is 10.7. The molecule has 0 fully saturated rings. The van der Waals surface area contributed by atoms with Gasteiger partial charge in [0.15, 0.2) is 12.2 Å². The van der Waals surface area contributed by atoms with E-state index in [4.69, 9.17) is 37.0 Å². The maximum Gasteiger partial charge on any atom is 0.472 e. The molecule has 0 saturated carbocycles. The van der Waals surface area contributed by atoms with Crippen molar-refractivity contribution in [3.8, 4) is 0 Å². The van der Waals surface area contributed by atoms with Gasteiger partial charge in [0.05, 0.1) is 26.4 Å². The van der Waals surface area contributed by atoms with Crippen molar-refractivity contribution in [3.05, 3.63) is 0 Å². The first-order valence-corrected chi connectivity index (χ1v) is 47.9. The Morgan fingerprint density at radius 1 is 0.274 bits per heavy atom. The van der Waals surface area contributed by atoms with Gasteiger partial charge in [-0.05, 0) is 43.4 Å². The van der Waals surface area contributed by atoms with Crippen LogP contribution in [0.2, 0.25) is 0 Å². The number of carbonyl (C=O) groups excluding carboxylic acids is 4. The van der Waals surface area contributed by atoms with Crippen LogP contribution in [0.25, 0.3) is 0 Å². The Morgan fingerprint density at radius 3 is 0.717 bits per heavy atom. The highest BCUT2D eigenvalue weighted by Crippen LogP contribution is 2.45. The minimum absolute atomic E-state index is 0.108. The largest absolute Gasteiger partial charge is 0.472 e. The molecule has 0 aromatic heterocycles. The lowest BCUT2D eigenvalue weighted by molar-refractivity contribution is -0.161. The minimum atomic E-state index is -4.97. The molecule has 0 rings (SSSR count). The molecule has 17 nitrogen and oxygen atoms in total. The molecule has 3 unspecified atom stereocenters. The monoisotopic (exact) mass is 1550 g/mol. The Kier molecular flexibility index (Phi) is 75.6. The van der Waals surface area contributed by atoms with Crippen molar-refractivity contribution < 1.29 is 80.2 Å². The van der Waals surface area contributed by atoms with Crippen molar-refractivity contribution in [2.45, 2.75) is 478 Å². The molecule has 0 aromatic carbocycles. The number of carbonyl (C=O) groups is 4. The molecule has 0 spiro atoms. The molecule has 0 amide bonds. The predicted octanol–water partition coefficient (Wildman–Crippen LogP) is 26.5. The van der Waals surface area contributed by atoms with Gasteiger partial charge in [-0.1, -0.05) is 408 Å². The van der Waals surface area contributed by atoms with Gasteiger partial charge in [0.25, 0.3) is 0 Å². The third kappa shape index (κ3) is 78.7. The number of phosphoric ester groups is 2. The minimum Gasteiger partial charge on any atom is -0.462 e. The van der Waals surface area contributed by atoms with Crippen LogP contribution in [0.15, 0.2) is 0 Å². The van der Waals surface area contributed by atoms with Gasteiger partial charge in [0.1, 0.15) is 19.3 Å². The molecule has 0 aliphatic heterocycles. The Morgan fingerprint density at radius 2 is 0.481 bits per heavy atom. The average molecular weight is 1550 g/mol. The Balaban J connectivity index is 5.25. The van der Waals surface area contributed by atoms with E-state index in [2.05, 4.69) is 48.5 Å². The number of aliphatic hydroxyl groups excluding tert-OH is 1. The lowest BCUT2D eigenvalue weighted by Crippen LogP contribution is -2.30. The molecular formula is C87H170O17P2. The highest BCUT2D eigenvalue weighted by Gasteiger charge is 2.31. The fourth-order valence-corrected chi connectivity index (χ4v) is 15.1. The highest BCUT2D eigenvalue weighted by atomic mass is 31.2. The van der Waals surface area contributed by atoms with Crippen molar-refractivity contribution in [1.82, 2.24) is 0 Å². The van der Waals surface area contributed by atoms with Gasteiger partial charge >= 0.3 is 39.5 Å². The molecule has 0 aliphatic rings. The Hall–Kier alpha value is -1.94. The standard InChI is InChI=1S/C87H170O17P2/c1-8-10-11-12-13-14-15-16-22-30-35-40-49-56-63-70-87(92)104-83(75-98-85(90)69-62-55-48-43-42-46-53-60-67-80(7)9-2)77-102-106(95,96)100-73-81(88)72-99-105(93,94)101-76-82(74-97-84(89)68-61-54-47-39-34-29-26-21-24-28-33-38-45-52-59-66-79(5)6)103-86(91)71-64-57-50-41-36-31-25-20-18-17-19-23-27-32-37-44-51-58-65-78(3)4/h78-83,88H,8-77H2,1-7H3,(H,93,94)(H,95,96)/t80?,81-,82-,83-/m1/s1. The molecule has 630 valence electrons. The lowest BCUT2D eigenvalue weighted by Gasteiger charge is -2.21. The van der Waals surface area contributed by atoms with E-state index in [1.807, 2.05) is 0 Å². The van der Waals surface area contributed by atoms with Crippen LogP contribution in [0.1, 0.15) is 459 Å². The summed E-state index contributed by atoms with van der Waals surface area (Å²) in [5.41, 5.74) is 0. The first-order chi connectivity index (χ1) is 51.3. The second-order valence-corrected chi connectivity index (χ2v) is 35.4. The van der Waals surface area contributed by atoms with E-state index in [-0.39, 0.29) is 25.7 Å². The van der Waals surface area contributed by atoms with Crippen LogP contribution in [0.5, 0.6) is 0 Å². The number of hydrogen-bond acceptors (Lipinski definition) is 15. The van der Waals surface area contributed by atoms with Gasteiger partial charge in [0, 0.05) is 25.7 Å². The molecular weight excluding hydrogens is 1380 g/mol. The van der Waals surface area contributed by atoms with E-state index < -0.39 is 97.5 Å². The van der Waals surface area contributed by atoms with Gasteiger partial charge in [-0.3, -0.25) is 37.3 Å². The van der Waals surface area contributed by atoms with E-state index in [1.165, 1.54) is 270 Å². The molecule has 0 aliphatic carbocycles. The fraction of sp³-hybridized carbons (Fsp3) is 0.954. The van der Waals surface area contributed by atoms with Gasteiger partial charge in [-0.15, -0.1) is 0 Å². The van der Waals surface area contributed by atoms with Crippen LogP contribution in [-0.4, -0.2) is 96.7 Å². The molecule has 106 heavy (non-hydrogen) atoms. The number of hydrogen-bond donors (Lipinski definition) is 3. The van der Waals surface area contributed by atoms with Crippen molar-refractivity contribution in [2.24, 2.45) is 17.8 Å². The smallest absolute Gasteiger partial charge is 0.462 e. The van der Waals surface area contributed by atoms with E-state index in [9.17, 15) is 43.2 Å². The SMILES string of the molecule is CCCCCCCCCCCCCCCCCC(=O)O[C@H](COC(=O)CCCCCCCCCCC(C)CC)COP(=O)(O)OC[C@H](O)COP(=O)(O)OC[C@@H](COC(=O)CCCCCCCCCCCCCCCCCC(C)C)OC(=O)CCCCCCCCCCCCCCCCCCCCC(C)C. The fourth-order valence-electron chi connectivity index (χ4n) is 13.5. The second kappa shape index (κ2) is 77.0. The van der Waals surface area contributed by atoms with Crippen LogP contribution in [0, 0.1) is 17.8 Å². The molecule has 6 atom stereocenters. The summed E-state index contributed by atoms with van der Waals surface area (Å²) in [6.45, 7) is 12.1. The van der Waals surface area contributed by atoms with Crippen molar-refractivity contribution in [3.63, 3.8) is 0 Å². The third-order valence-electron chi connectivity index (χ3n) is 20.7. The van der Waals surface area contributed by atoms with Crippen LogP contribution < -0.4 is 0 Å². The zero-order valence-corrected chi connectivity index (χ0v) is 71.7. The second-order valence-electron chi connectivity index (χ2n) is 32.5. The quantitative estimate of drug-likeness (QED) is 0.0222. The van der Waals surface area contributed by atoms with Crippen LogP contribution in [0.4, 0.5) is 0 Å². The number of phosphoric acid groups is 2. The topological polar surface area (TPSA) is 237 Å². The summed E-state index contributed by atoms with van der Waals surface area (Å²) in [7, 11) is -9.93. The van der Waals surface area contributed by atoms with Gasteiger partial charge in [-0.2, -0.15) is 0 Å². The summed E-state index contributed by atoms with van der Waals surface area (Å²) >= 11 is 0. The third-order valence-corrected chi connectivity index (χ3v) is 22.6. The van der Waals surface area contributed by atoms with E-state index >= 15 is 0 Å². The maximum atomic E-state index is 13.2. The Labute approximate surface area is 651 Å².